The fourth-order valence-electron chi connectivity index (χ4n) is 2.79. The molecule has 1 fully saturated rings. The van der Waals surface area contributed by atoms with E-state index >= 15 is 0 Å². The van der Waals surface area contributed by atoms with Crippen molar-refractivity contribution < 1.29 is 13.9 Å². The highest BCUT2D eigenvalue weighted by Gasteiger charge is 2.23. The van der Waals surface area contributed by atoms with Gasteiger partial charge < -0.3 is 20.3 Å². The first-order valence-electron chi connectivity index (χ1n) is 9.47. The fraction of sp³-hybridized carbons (Fsp3) is 0.579. The summed E-state index contributed by atoms with van der Waals surface area (Å²) < 4.78 is 18.0. The molecule has 0 spiro atoms. The van der Waals surface area contributed by atoms with E-state index in [2.05, 4.69) is 15.6 Å². The Bertz CT molecular complexity index is 610. The molecule has 1 saturated heterocycles. The Morgan fingerprint density at radius 2 is 1.96 bits per heavy atom. The van der Waals surface area contributed by atoms with Crippen molar-refractivity contribution >= 4 is 47.8 Å². The highest BCUT2D eigenvalue weighted by molar-refractivity contribution is 14.0. The van der Waals surface area contributed by atoms with Gasteiger partial charge in [-0.15, -0.1) is 35.7 Å². The van der Waals surface area contributed by atoms with Gasteiger partial charge in [-0.3, -0.25) is 4.99 Å². The Kier molecular flexibility index (Phi) is 12.3. The number of hydrogen-bond donors (Lipinski definition) is 2. The number of halogens is 2. The van der Waals surface area contributed by atoms with Gasteiger partial charge in [-0.25, -0.2) is 9.18 Å². The molecule has 1 heterocycles. The number of ether oxygens (including phenoxy) is 1. The zero-order valence-corrected chi connectivity index (χ0v) is 19.6. The lowest BCUT2D eigenvalue weighted by atomic mass is 10.1. The van der Waals surface area contributed by atoms with Crippen molar-refractivity contribution in [1.82, 2.24) is 15.5 Å². The molecule has 1 aliphatic heterocycles. The zero-order chi connectivity index (χ0) is 19.5. The Morgan fingerprint density at radius 3 is 2.57 bits per heavy atom. The number of likely N-dealkylation sites (tertiary alicyclic amines) is 1. The van der Waals surface area contributed by atoms with Gasteiger partial charge >= 0.3 is 6.09 Å². The van der Waals surface area contributed by atoms with Gasteiger partial charge in [0, 0.05) is 36.3 Å². The summed E-state index contributed by atoms with van der Waals surface area (Å²) in [6.45, 7) is 7.10. The lowest BCUT2D eigenvalue weighted by Crippen LogP contribution is -2.50. The fourth-order valence-corrected chi connectivity index (χ4v) is 3.53. The molecule has 158 valence electrons. The highest BCUT2D eigenvalue weighted by Crippen LogP contribution is 2.17. The van der Waals surface area contributed by atoms with Gasteiger partial charge in [-0.1, -0.05) is 0 Å². The van der Waals surface area contributed by atoms with Gasteiger partial charge in [0.2, 0.25) is 0 Å². The standard InChI is InChI=1S/C19H29FN4O2S.HI/c1-3-21-18(22-11-14-27-17-7-5-15(20)6-8-17)23-16-9-12-24(13-10-16)19(25)26-4-2;/h5-8,16H,3-4,9-14H2,1-2H3,(H2,21,22,23);1H. The van der Waals surface area contributed by atoms with E-state index in [9.17, 15) is 9.18 Å². The maximum absolute atomic E-state index is 12.9. The Labute approximate surface area is 188 Å². The molecular formula is C19H30FIN4O2S. The van der Waals surface area contributed by atoms with Crippen molar-refractivity contribution in [2.75, 3.05) is 38.5 Å². The van der Waals surface area contributed by atoms with E-state index in [0.717, 1.165) is 36.0 Å². The van der Waals surface area contributed by atoms with E-state index in [4.69, 9.17) is 4.74 Å². The van der Waals surface area contributed by atoms with E-state index in [1.54, 1.807) is 28.8 Å². The summed E-state index contributed by atoms with van der Waals surface area (Å²) in [5.74, 6) is 1.40. The summed E-state index contributed by atoms with van der Waals surface area (Å²) in [7, 11) is 0. The van der Waals surface area contributed by atoms with Crippen molar-refractivity contribution in [1.29, 1.82) is 0 Å². The number of carbonyl (C=O) groups excluding carboxylic acids is 1. The number of guanidine groups is 1. The molecule has 2 N–H and O–H groups in total. The summed E-state index contributed by atoms with van der Waals surface area (Å²) in [5, 5.41) is 6.72. The molecule has 9 heteroatoms. The van der Waals surface area contributed by atoms with Gasteiger partial charge in [-0.2, -0.15) is 0 Å². The van der Waals surface area contributed by atoms with Gasteiger partial charge in [0.1, 0.15) is 5.82 Å². The van der Waals surface area contributed by atoms with Crippen molar-refractivity contribution in [2.24, 2.45) is 4.99 Å². The van der Waals surface area contributed by atoms with Crippen LogP contribution >= 0.6 is 35.7 Å². The van der Waals surface area contributed by atoms with Crippen LogP contribution in [0.4, 0.5) is 9.18 Å². The average Bonchev–Trinajstić information content (AvgIpc) is 2.67. The number of aliphatic imine (C=N–C) groups is 1. The third kappa shape index (κ3) is 8.85. The number of thioether (sulfide) groups is 1. The summed E-state index contributed by atoms with van der Waals surface area (Å²) >= 11 is 1.66. The highest BCUT2D eigenvalue weighted by atomic mass is 127. The second kappa shape index (κ2) is 13.9. The quantitative estimate of drug-likeness (QED) is 0.187. The van der Waals surface area contributed by atoms with E-state index in [1.807, 2.05) is 13.8 Å². The Hall–Kier alpha value is -1.23. The Morgan fingerprint density at radius 1 is 1.29 bits per heavy atom. The summed E-state index contributed by atoms with van der Waals surface area (Å²) in [5.41, 5.74) is 0. The second-order valence-electron chi connectivity index (χ2n) is 6.17. The van der Waals surface area contributed by atoms with Gasteiger partial charge in [0.05, 0.1) is 13.2 Å². The molecule has 0 aromatic heterocycles. The minimum Gasteiger partial charge on any atom is -0.450 e. The van der Waals surface area contributed by atoms with Crippen LogP contribution in [0.5, 0.6) is 0 Å². The largest absolute Gasteiger partial charge is 0.450 e. The smallest absolute Gasteiger partial charge is 0.409 e. The SMILES string of the molecule is CCNC(=NCCSc1ccc(F)cc1)NC1CCN(C(=O)OCC)CC1.I. The van der Waals surface area contributed by atoms with Crippen LogP contribution in [0.1, 0.15) is 26.7 Å². The first kappa shape index (κ1) is 24.8. The monoisotopic (exact) mass is 524 g/mol. The number of benzene rings is 1. The molecule has 6 nitrogen and oxygen atoms in total. The molecule has 0 bridgehead atoms. The maximum atomic E-state index is 12.9. The van der Waals surface area contributed by atoms with E-state index < -0.39 is 0 Å². The normalized spacial score (nSPS) is 15.0. The number of piperidine rings is 1. The van der Waals surface area contributed by atoms with Crippen molar-refractivity contribution in [2.45, 2.75) is 37.6 Å². The molecule has 1 amide bonds. The third-order valence-electron chi connectivity index (χ3n) is 4.15. The van der Waals surface area contributed by atoms with Crippen LogP contribution in [0.25, 0.3) is 0 Å². The average molecular weight is 524 g/mol. The van der Waals surface area contributed by atoms with Gasteiger partial charge in [0.25, 0.3) is 0 Å². The van der Waals surface area contributed by atoms with Crippen LogP contribution in [0, 0.1) is 5.82 Å². The molecule has 0 atom stereocenters. The molecule has 1 aromatic rings. The number of hydrogen-bond acceptors (Lipinski definition) is 4. The van der Waals surface area contributed by atoms with Crippen LogP contribution < -0.4 is 10.6 Å². The molecule has 1 aromatic carbocycles. The van der Waals surface area contributed by atoms with Crippen molar-refractivity contribution in [3.8, 4) is 0 Å². The summed E-state index contributed by atoms with van der Waals surface area (Å²) in [4.78, 5) is 19.2. The van der Waals surface area contributed by atoms with Gasteiger partial charge in [-0.05, 0) is 51.0 Å². The Balaban J connectivity index is 0.00000392. The molecule has 0 unspecified atom stereocenters. The van der Waals surface area contributed by atoms with Crippen LogP contribution in [0.2, 0.25) is 0 Å². The molecule has 1 aliphatic rings. The number of nitrogens with one attached hydrogen (secondary N) is 2. The van der Waals surface area contributed by atoms with Gasteiger partial charge in [0.15, 0.2) is 5.96 Å². The van der Waals surface area contributed by atoms with Crippen LogP contribution in [0.15, 0.2) is 34.2 Å². The molecule has 0 aliphatic carbocycles. The minimum atomic E-state index is -0.227. The predicted octanol–water partition coefficient (Wildman–Crippen LogP) is 3.71. The zero-order valence-electron chi connectivity index (χ0n) is 16.4. The summed E-state index contributed by atoms with van der Waals surface area (Å²) in [6, 6.07) is 6.80. The second-order valence-corrected chi connectivity index (χ2v) is 7.34. The van der Waals surface area contributed by atoms with E-state index in [0.29, 0.717) is 32.3 Å². The number of amides is 1. The third-order valence-corrected chi connectivity index (χ3v) is 5.14. The number of nitrogens with zero attached hydrogens (tertiary/aromatic N) is 2. The molecule has 28 heavy (non-hydrogen) atoms. The molecular weight excluding hydrogens is 494 g/mol. The van der Waals surface area contributed by atoms with Crippen molar-refractivity contribution in [3.05, 3.63) is 30.1 Å². The number of rotatable bonds is 7. The number of carbonyl (C=O) groups is 1. The van der Waals surface area contributed by atoms with Crippen LogP contribution in [-0.2, 0) is 4.74 Å². The molecule has 2 rings (SSSR count). The molecule has 0 saturated carbocycles. The lowest BCUT2D eigenvalue weighted by Gasteiger charge is -2.32. The minimum absolute atomic E-state index is 0. The van der Waals surface area contributed by atoms with Crippen molar-refractivity contribution in [3.63, 3.8) is 0 Å². The first-order chi connectivity index (χ1) is 13.1. The van der Waals surface area contributed by atoms with Crippen LogP contribution in [-0.4, -0.2) is 61.5 Å². The maximum Gasteiger partial charge on any atom is 0.409 e. The van der Waals surface area contributed by atoms with E-state index in [-0.39, 0.29) is 35.9 Å². The lowest BCUT2D eigenvalue weighted by molar-refractivity contribution is 0.0963. The molecule has 0 radical (unpaired) electrons. The first-order valence-corrected chi connectivity index (χ1v) is 10.5. The predicted molar refractivity (Wildman–Crippen MR) is 123 cm³/mol. The van der Waals surface area contributed by atoms with Crippen LogP contribution in [0.3, 0.4) is 0 Å². The topological polar surface area (TPSA) is 66.0 Å². The summed E-state index contributed by atoms with van der Waals surface area (Å²) in [6.07, 6.45) is 1.51. The van der Waals surface area contributed by atoms with E-state index in [1.165, 1.54) is 12.1 Å².